The molecular weight excluding hydrogens is 1080 g/mol. The van der Waals surface area contributed by atoms with Gasteiger partial charge in [0.15, 0.2) is 35.7 Å². The van der Waals surface area contributed by atoms with E-state index in [0.717, 1.165) is 89.9 Å². The molecule has 4 spiro atoms. The molecule has 7 unspecified atom stereocenters. The minimum Gasteiger partial charge on any atom is -0.355 e. The lowest BCUT2D eigenvalue weighted by molar-refractivity contribution is -0.393. The van der Waals surface area contributed by atoms with Gasteiger partial charge in [-0.2, -0.15) is 0 Å². The molecule has 0 N–H and O–H groups in total. The van der Waals surface area contributed by atoms with Crippen LogP contribution in [0.25, 0.3) is 62.7 Å². The van der Waals surface area contributed by atoms with Crippen molar-refractivity contribution in [3.8, 4) is 0 Å². The van der Waals surface area contributed by atoms with Gasteiger partial charge in [0.2, 0.25) is 0 Å². The first-order valence-electron chi connectivity index (χ1n) is 29.5. The van der Waals surface area contributed by atoms with Gasteiger partial charge in [-0.25, -0.2) is 0 Å². The van der Waals surface area contributed by atoms with E-state index in [1.807, 2.05) is 6.92 Å². The average Bonchev–Trinajstić information content (AvgIpc) is 4.24. The smallest absolute Gasteiger partial charge is 0.169 e. The van der Waals surface area contributed by atoms with Crippen molar-refractivity contribution in [1.29, 1.82) is 0 Å². The molecule has 0 aromatic carbocycles. The lowest BCUT2D eigenvalue weighted by Crippen LogP contribution is -2.67. The Morgan fingerprint density at radius 1 is 0.488 bits per heavy atom. The highest BCUT2D eigenvalue weighted by Crippen LogP contribution is 2.50. The molecule has 0 amide bonds. The van der Waals surface area contributed by atoms with E-state index in [1.54, 1.807) is 0 Å². The summed E-state index contributed by atoms with van der Waals surface area (Å²) in [6.45, 7) is 1.19. The van der Waals surface area contributed by atoms with E-state index in [9.17, 15) is 33.2 Å². The van der Waals surface area contributed by atoms with Crippen molar-refractivity contribution < 1.29 is 66.3 Å². The van der Waals surface area contributed by atoms with Gasteiger partial charge in [0.25, 0.3) is 0 Å². The minimum atomic E-state index is -1.43. The molecule has 32 nitrogen and oxygen atoms in total. The van der Waals surface area contributed by atoms with Crippen molar-refractivity contribution >= 4 is 0 Å². The van der Waals surface area contributed by atoms with E-state index in [-0.39, 0.29) is 32.7 Å². The molecule has 11 rings (SSSR count). The number of hydrogen-bond donors (Lipinski definition) is 0. The SMILES string of the molecule is C[C@@H]1OC2(CCCCC2)OCC1O[C@H](O[C@@H]1C(N=[N+]=[N-])C[C@@H](N=[N+]=[N-])[C@H]2OC3(CCCCC3)OC12)[C@H](COCOC1[C@@H]2OC3(CCCCC3)OCC2O[C@H](O[C@@H]2C(N=[N+]=[N-])C[C@@H](N=[N+]=[N-])C3OC4(CCCCC4)O[C@H]32)[C@H]1N=[N+]=[N-])N=[N+]=[N-]. The molecule has 32 heteroatoms. The molecule has 5 saturated heterocycles. The second-order valence-electron chi connectivity index (χ2n) is 23.7. The summed E-state index contributed by atoms with van der Waals surface area (Å²) in [6.07, 6.45) is 3.96. The zero-order valence-corrected chi connectivity index (χ0v) is 46.1. The van der Waals surface area contributed by atoms with Crippen LogP contribution in [0.15, 0.2) is 30.7 Å². The summed E-state index contributed by atoms with van der Waals surface area (Å²) < 4.78 is 93.5. The van der Waals surface area contributed by atoms with Gasteiger partial charge in [-0.1, -0.05) is 56.4 Å². The third-order valence-corrected chi connectivity index (χ3v) is 18.6. The zero-order valence-electron chi connectivity index (χ0n) is 46.1. The van der Waals surface area contributed by atoms with Crippen LogP contribution in [0.3, 0.4) is 0 Å². The highest BCUT2D eigenvalue weighted by Gasteiger charge is 2.62. The highest BCUT2D eigenvalue weighted by molar-refractivity contribution is 5.10. The Hall–Kier alpha value is -4.70. The second-order valence-corrected chi connectivity index (χ2v) is 23.7. The lowest BCUT2D eigenvalue weighted by Gasteiger charge is -2.53. The maximum absolute atomic E-state index is 10.3. The minimum absolute atomic E-state index is 0.0575. The molecule has 82 heavy (non-hydrogen) atoms. The summed E-state index contributed by atoms with van der Waals surface area (Å²) in [6, 6.07) is -5.92. The topological polar surface area (TPSA) is 422 Å². The van der Waals surface area contributed by atoms with Gasteiger partial charge in [-0.05, 0) is 104 Å². The third-order valence-electron chi connectivity index (χ3n) is 18.6. The molecule has 5 aliphatic heterocycles. The van der Waals surface area contributed by atoms with Crippen molar-refractivity contribution in [3.63, 3.8) is 0 Å². The van der Waals surface area contributed by atoms with Gasteiger partial charge in [-0.3, -0.25) is 0 Å². The fourth-order valence-corrected chi connectivity index (χ4v) is 14.7. The number of nitrogens with zero attached hydrogens (tertiary/aromatic N) is 18. The van der Waals surface area contributed by atoms with Crippen molar-refractivity contribution in [2.24, 2.45) is 30.7 Å². The van der Waals surface area contributed by atoms with E-state index in [1.165, 1.54) is 0 Å². The van der Waals surface area contributed by atoms with Crippen LogP contribution in [0.2, 0.25) is 0 Å². The molecule has 0 bridgehead atoms. The predicted octanol–water partition coefficient (Wildman–Crippen LogP) is 10.5. The molecule has 6 aliphatic carbocycles. The first-order valence-corrected chi connectivity index (χ1v) is 29.5. The molecule has 11 fully saturated rings. The molecule has 11 aliphatic rings. The van der Waals surface area contributed by atoms with E-state index in [2.05, 4.69) is 60.2 Å². The lowest BCUT2D eigenvalue weighted by atomic mass is 9.84. The van der Waals surface area contributed by atoms with Crippen LogP contribution in [0.1, 0.15) is 148 Å². The van der Waals surface area contributed by atoms with E-state index in [4.69, 9.17) is 66.3 Å². The second kappa shape index (κ2) is 26.3. The van der Waals surface area contributed by atoms with E-state index in [0.29, 0.717) is 38.5 Å². The molecule has 19 atom stereocenters. The van der Waals surface area contributed by atoms with Gasteiger partial charge < -0.3 is 66.3 Å². The number of azide groups is 6. The predicted molar refractivity (Wildman–Crippen MR) is 280 cm³/mol. The fraction of sp³-hybridized carbons (Fsp3) is 1.00. The van der Waals surface area contributed by atoms with Gasteiger partial charge in [-0.15, -0.1) is 0 Å². The van der Waals surface area contributed by atoms with Crippen LogP contribution < -0.4 is 0 Å². The molecule has 0 aromatic rings. The van der Waals surface area contributed by atoms with Gasteiger partial charge in [0, 0.05) is 80.8 Å². The number of fused-ring (bicyclic) bond motifs is 3. The summed E-state index contributed by atoms with van der Waals surface area (Å²) in [5, 5.41) is 24.8. The first-order chi connectivity index (χ1) is 40.1. The fourth-order valence-electron chi connectivity index (χ4n) is 14.7. The van der Waals surface area contributed by atoms with Crippen molar-refractivity contribution in [3.05, 3.63) is 62.7 Å². The van der Waals surface area contributed by atoms with Gasteiger partial charge >= 0.3 is 0 Å². The highest BCUT2D eigenvalue weighted by atomic mass is 16.8. The number of hydrogen-bond acceptors (Lipinski definition) is 20. The van der Waals surface area contributed by atoms with Gasteiger partial charge in [0.1, 0.15) is 55.5 Å². The summed E-state index contributed by atoms with van der Waals surface area (Å²) in [5.41, 5.74) is 59.6. The maximum atomic E-state index is 10.3. The normalized spacial score (nSPS) is 40.1. The largest absolute Gasteiger partial charge is 0.355 e. The van der Waals surface area contributed by atoms with Crippen LogP contribution in [-0.2, 0) is 66.3 Å². The molecule has 0 aromatic heterocycles. The van der Waals surface area contributed by atoms with Crippen LogP contribution in [-0.4, -0.2) is 166 Å². The first kappa shape index (κ1) is 59.0. The molecule has 5 heterocycles. The molecule has 448 valence electrons. The third kappa shape index (κ3) is 12.5. The molecular formula is C50H74N18O14. The molecule has 0 radical (unpaired) electrons. The Labute approximate surface area is 472 Å². The van der Waals surface area contributed by atoms with Gasteiger partial charge in [0.05, 0.1) is 74.5 Å². The Bertz CT molecular complexity index is 2520. The summed E-state index contributed by atoms with van der Waals surface area (Å²) >= 11 is 0. The van der Waals surface area contributed by atoms with Crippen molar-refractivity contribution in [2.45, 2.75) is 287 Å². The quantitative estimate of drug-likeness (QED) is 0.0405. The Balaban J connectivity index is 0.865. The number of rotatable bonds is 18. The Morgan fingerprint density at radius 2 is 0.963 bits per heavy atom. The van der Waals surface area contributed by atoms with E-state index >= 15 is 0 Å². The van der Waals surface area contributed by atoms with Crippen LogP contribution in [0, 0.1) is 0 Å². The standard InChI is InChI=1S/C50H74N18O14/c1-28-34(25-71-47(77-28)14-6-2-7-15-47)73-45(75-37-29(57-63-51)22-31(59-65-53)39-43(37)81-49(78-39)18-10-4-11-19-49)33(61-67-55)24-69-27-70-42-36(62-68-56)46(74-35-26-72-48(80-41(35)42)16-8-3-9-17-48)76-38-30(58-64-52)23-32(60-66-54)40-44(38)82-50(79-40)20-12-5-13-21-50/h28-46H,2-27H2,1H3/t28-,29?,30?,31+,32+,33-,34?,35?,36-,37+,38+,39+,40?,41+,42?,43?,44-,45+,46+/m0/s1. The summed E-state index contributed by atoms with van der Waals surface area (Å²) in [4.78, 5) is 18.9. The zero-order chi connectivity index (χ0) is 56.7. The summed E-state index contributed by atoms with van der Waals surface area (Å²) in [5.74, 6) is -3.68. The molecule has 6 saturated carbocycles. The van der Waals surface area contributed by atoms with Crippen LogP contribution in [0.4, 0.5) is 0 Å². The Kier molecular flexibility index (Phi) is 18.9. The Morgan fingerprint density at radius 3 is 1.50 bits per heavy atom. The maximum Gasteiger partial charge on any atom is 0.169 e. The monoisotopic (exact) mass is 1150 g/mol. The van der Waals surface area contributed by atoms with Crippen molar-refractivity contribution in [1.82, 2.24) is 0 Å². The van der Waals surface area contributed by atoms with Crippen LogP contribution >= 0.6 is 0 Å². The summed E-state index contributed by atoms with van der Waals surface area (Å²) in [7, 11) is 0. The number of ether oxygens (including phenoxy) is 14. The van der Waals surface area contributed by atoms with Crippen molar-refractivity contribution in [2.75, 3.05) is 26.6 Å². The van der Waals surface area contributed by atoms with E-state index < -0.39 is 146 Å². The average molecular weight is 1150 g/mol. The van der Waals surface area contributed by atoms with Crippen LogP contribution in [0.5, 0.6) is 0 Å².